The fourth-order valence-electron chi connectivity index (χ4n) is 3.11. The molecule has 7 nitrogen and oxygen atoms in total. The van der Waals surface area contributed by atoms with Crippen molar-refractivity contribution in [1.29, 1.82) is 0 Å². The van der Waals surface area contributed by atoms with Crippen LogP contribution in [0, 0.1) is 0 Å². The van der Waals surface area contributed by atoms with Gasteiger partial charge in [0, 0.05) is 25.6 Å². The Labute approximate surface area is 146 Å². The molecule has 0 saturated carbocycles. The molecule has 7 heteroatoms. The van der Waals surface area contributed by atoms with Crippen LogP contribution in [-0.2, 0) is 18.3 Å². The van der Waals surface area contributed by atoms with E-state index in [-0.39, 0.29) is 12.1 Å². The molecule has 1 N–H and O–H groups in total. The van der Waals surface area contributed by atoms with Crippen LogP contribution in [0.3, 0.4) is 0 Å². The zero-order valence-corrected chi connectivity index (χ0v) is 14.3. The normalized spacial score (nSPS) is 22.6. The lowest BCUT2D eigenvalue weighted by atomic mass is 10.1. The van der Waals surface area contributed by atoms with Crippen molar-refractivity contribution in [2.75, 3.05) is 26.4 Å². The van der Waals surface area contributed by atoms with Gasteiger partial charge >= 0.3 is 0 Å². The second kappa shape index (κ2) is 7.33. The van der Waals surface area contributed by atoms with E-state index in [9.17, 15) is 0 Å². The average Bonchev–Trinajstić information content (AvgIpc) is 3.15. The van der Waals surface area contributed by atoms with Crippen molar-refractivity contribution in [3.8, 4) is 17.2 Å². The molecule has 0 amide bonds. The number of aromatic nitrogens is 2. The highest BCUT2D eigenvalue weighted by atomic mass is 16.6. The molecule has 134 valence electrons. The van der Waals surface area contributed by atoms with Crippen LogP contribution in [0.25, 0.3) is 0 Å². The molecule has 1 aromatic carbocycles. The van der Waals surface area contributed by atoms with Gasteiger partial charge in [-0.25, -0.2) is 0 Å². The summed E-state index contributed by atoms with van der Waals surface area (Å²) in [5.41, 5.74) is 1.09. The second-order valence-corrected chi connectivity index (χ2v) is 6.33. The number of hydrogen-bond donors (Lipinski definition) is 1. The van der Waals surface area contributed by atoms with Crippen LogP contribution in [0.15, 0.2) is 30.6 Å². The lowest BCUT2D eigenvalue weighted by Gasteiger charge is -2.20. The van der Waals surface area contributed by atoms with Gasteiger partial charge in [0.1, 0.15) is 6.10 Å². The summed E-state index contributed by atoms with van der Waals surface area (Å²) < 4.78 is 25.0. The molecule has 0 radical (unpaired) electrons. The van der Waals surface area contributed by atoms with E-state index in [1.807, 2.05) is 25.4 Å². The van der Waals surface area contributed by atoms with Gasteiger partial charge in [-0.1, -0.05) is 12.1 Å². The number of nitrogens with one attached hydrogen (secondary N) is 1. The SMILES string of the molecule is Cn1cc(O[C@@H]2COC[C@@H]2NCc2cccc3c2OCCCO3)cn1. The van der Waals surface area contributed by atoms with Gasteiger partial charge in [0.15, 0.2) is 17.2 Å². The fraction of sp³-hybridized carbons (Fsp3) is 0.500. The molecule has 0 bridgehead atoms. The van der Waals surface area contributed by atoms with Crippen LogP contribution in [0.1, 0.15) is 12.0 Å². The van der Waals surface area contributed by atoms with Crippen molar-refractivity contribution < 1.29 is 18.9 Å². The molecule has 1 aromatic heterocycles. The first-order chi connectivity index (χ1) is 12.3. The van der Waals surface area contributed by atoms with Gasteiger partial charge < -0.3 is 24.3 Å². The van der Waals surface area contributed by atoms with Gasteiger partial charge in [-0.2, -0.15) is 5.10 Å². The number of ether oxygens (including phenoxy) is 4. The topological polar surface area (TPSA) is 66.8 Å². The minimum absolute atomic E-state index is 0.0383. The number of aryl methyl sites for hydroxylation is 1. The van der Waals surface area contributed by atoms with E-state index in [4.69, 9.17) is 18.9 Å². The zero-order chi connectivity index (χ0) is 17.1. The van der Waals surface area contributed by atoms with Gasteiger partial charge in [0.25, 0.3) is 0 Å². The number of para-hydroxylation sites is 1. The third-order valence-electron chi connectivity index (χ3n) is 4.40. The van der Waals surface area contributed by atoms with E-state index < -0.39 is 0 Å². The first-order valence-corrected chi connectivity index (χ1v) is 8.63. The van der Waals surface area contributed by atoms with Gasteiger partial charge in [-0.3, -0.25) is 4.68 Å². The van der Waals surface area contributed by atoms with Crippen molar-refractivity contribution in [2.45, 2.75) is 25.1 Å². The van der Waals surface area contributed by atoms with Crippen LogP contribution < -0.4 is 19.5 Å². The molecule has 3 heterocycles. The van der Waals surface area contributed by atoms with Gasteiger partial charge in [0.05, 0.1) is 44.9 Å². The first kappa shape index (κ1) is 16.2. The highest BCUT2D eigenvalue weighted by Gasteiger charge is 2.30. The van der Waals surface area contributed by atoms with Crippen molar-refractivity contribution in [3.63, 3.8) is 0 Å². The summed E-state index contributed by atoms with van der Waals surface area (Å²) in [5, 5.41) is 7.67. The van der Waals surface area contributed by atoms with Crippen LogP contribution in [0.2, 0.25) is 0 Å². The summed E-state index contributed by atoms with van der Waals surface area (Å²) in [5.74, 6) is 2.42. The number of hydrogen-bond acceptors (Lipinski definition) is 6. The highest BCUT2D eigenvalue weighted by Crippen LogP contribution is 2.33. The standard InChI is InChI=1S/C18H23N3O4/c1-21-10-14(9-20-21)25-17-12-22-11-15(17)19-8-13-4-2-5-16-18(13)24-7-3-6-23-16/h2,4-5,9-10,15,17,19H,3,6-8,11-12H2,1H3/t15-,17+/m0/s1. The minimum atomic E-state index is -0.0383. The monoisotopic (exact) mass is 345 g/mol. The van der Waals surface area contributed by atoms with Crippen LogP contribution in [0.5, 0.6) is 17.2 Å². The van der Waals surface area contributed by atoms with E-state index in [2.05, 4.69) is 16.5 Å². The van der Waals surface area contributed by atoms with E-state index in [0.29, 0.717) is 33.0 Å². The summed E-state index contributed by atoms with van der Waals surface area (Å²) in [6, 6.07) is 6.13. The second-order valence-electron chi connectivity index (χ2n) is 6.33. The van der Waals surface area contributed by atoms with E-state index in [1.165, 1.54) is 0 Å². The smallest absolute Gasteiger partial charge is 0.165 e. The molecule has 25 heavy (non-hydrogen) atoms. The summed E-state index contributed by atoms with van der Waals surface area (Å²) in [6.07, 6.45) is 4.44. The van der Waals surface area contributed by atoms with Crippen molar-refractivity contribution in [1.82, 2.24) is 15.1 Å². The van der Waals surface area contributed by atoms with Crippen LogP contribution in [0.4, 0.5) is 0 Å². The number of nitrogens with zero attached hydrogens (tertiary/aromatic N) is 2. The summed E-state index contributed by atoms with van der Waals surface area (Å²) in [6.45, 7) is 3.24. The number of fused-ring (bicyclic) bond motifs is 1. The predicted molar refractivity (Wildman–Crippen MR) is 91.1 cm³/mol. The molecule has 1 fully saturated rings. The minimum Gasteiger partial charge on any atom is -0.490 e. The Hall–Kier alpha value is -2.25. The Kier molecular flexibility index (Phi) is 4.76. The zero-order valence-electron chi connectivity index (χ0n) is 14.3. The molecular formula is C18H23N3O4. The highest BCUT2D eigenvalue weighted by molar-refractivity contribution is 5.47. The van der Waals surface area contributed by atoms with Crippen molar-refractivity contribution >= 4 is 0 Å². The van der Waals surface area contributed by atoms with Crippen LogP contribution >= 0.6 is 0 Å². The van der Waals surface area contributed by atoms with E-state index in [1.54, 1.807) is 10.9 Å². The molecule has 2 atom stereocenters. The van der Waals surface area contributed by atoms with Crippen molar-refractivity contribution in [2.24, 2.45) is 7.05 Å². The Morgan fingerprint density at radius 2 is 2.20 bits per heavy atom. The Morgan fingerprint density at radius 3 is 3.08 bits per heavy atom. The number of rotatable bonds is 5. The molecule has 0 unspecified atom stereocenters. The van der Waals surface area contributed by atoms with Gasteiger partial charge in [-0.15, -0.1) is 0 Å². The van der Waals surface area contributed by atoms with E-state index >= 15 is 0 Å². The summed E-state index contributed by atoms with van der Waals surface area (Å²) in [4.78, 5) is 0. The van der Waals surface area contributed by atoms with Gasteiger partial charge in [0.2, 0.25) is 0 Å². The molecule has 0 spiro atoms. The Morgan fingerprint density at radius 1 is 1.28 bits per heavy atom. The molecule has 2 aromatic rings. The Bertz CT molecular complexity index is 718. The van der Waals surface area contributed by atoms with Crippen molar-refractivity contribution in [3.05, 3.63) is 36.2 Å². The molecular weight excluding hydrogens is 322 g/mol. The maximum atomic E-state index is 6.00. The maximum Gasteiger partial charge on any atom is 0.165 e. The largest absolute Gasteiger partial charge is 0.490 e. The summed E-state index contributed by atoms with van der Waals surface area (Å²) in [7, 11) is 1.87. The Balaban J connectivity index is 1.40. The quantitative estimate of drug-likeness (QED) is 0.886. The lowest BCUT2D eigenvalue weighted by molar-refractivity contribution is 0.139. The number of benzene rings is 1. The molecule has 2 aliphatic rings. The predicted octanol–water partition coefficient (Wildman–Crippen LogP) is 1.52. The first-order valence-electron chi connectivity index (χ1n) is 8.63. The van der Waals surface area contributed by atoms with Crippen LogP contribution in [-0.4, -0.2) is 48.4 Å². The third kappa shape index (κ3) is 3.72. The van der Waals surface area contributed by atoms with E-state index in [0.717, 1.165) is 29.2 Å². The summed E-state index contributed by atoms with van der Waals surface area (Å²) >= 11 is 0. The lowest BCUT2D eigenvalue weighted by Crippen LogP contribution is -2.41. The molecule has 1 saturated heterocycles. The molecule has 4 rings (SSSR count). The molecule has 0 aliphatic carbocycles. The average molecular weight is 345 g/mol. The van der Waals surface area contributed by atoms with Gasteiger partial charge in [-0.05, 0) is 6.07 Å². The third-order valence-corrected chi connectivity index (χ3v) is 4.40. The maximum absolute atomic E-state index is 6.00. The fourth-order valence-corrected chi connectivity index (χ4v) is 3.11. The molecule has 2 aliphatic heterocycles.